The Hall–Kier alpha value is -1.88. The predicted molar refractivity (Wildman–Crippen MR) is 67.8 cm³/mol. The maximum atomic E-state index is 10.8. The molecule has 1 aliphatic rings. The molecule has 1 aromatic carbocycles. The Balaban J connectivity index is 2.14. The zero-order chi connectivity index (χ0) is 12.7. The number of ether oxygens (including phenoxy) is 1. The van der Waals surface area contributed by atoms with Crippen LogP contribution in [-0.4, -0.2) is 23.1 Å². The molecule has 1 unspecified atom stereocenters. The van der Waals surface area contributed by atoms with Crippen molar-refractivity contribution in [3.05, 3.63) is 39.6 Å². The van der Waals surface area contributed by atoms with Gasteiger partial charge in [-0.15, -0.1) is 0 Å². The molecule has 0 saturated heterocycles. The van der Waals surface area contributed by atoms with Gasteiger partial charge in [-0.1, -0.05) is 0 Å². The first-order valence-corrected chi connectivity index (χ1v) is 5.99. The maximum absolute atomic E-state index is 10.8. The average Bonchev–Trinajstić information content (AvgIpc) is 2.75. The number of hydrogen-bond acceptors (Lipinski definition) is 3. The van der Waals surface area contributed by atoms with Gasteiger partial charge in [-0.2, -0.15) is 0 Å². The quantitative estimate of drug-likeness (QED) is 0.654. The van der Waals surface area contributed by atoms with E-state index in [1.807, 2.05) is 0 Å². The number of rotatable bonds is 2. The number of fused-ring (bicyclic) bond motifs is 3. The van der Waals surface area contributed by atoms with Crippen LogP contribution in [0.4, 0.5) is 5.69 Å². The SMILES string of the molecule is COC1CCc2[nH]c3ccc([N+](=O)[O-])cc3c2C1. The third-order valence-electron chi connectivity index (χ3n) is 3.67. The number of nitrogens with one attached hydrogen (secondary N) is 1. The van der Waals surface area contributed by atoms with Crippen molar-refractivity contribution >= 4 is 16.6 Å². The molecule has 94 valence electrons. The summed E-state index contributed by atoms with van der Waals surface area (Å²) in [4.78, 5) is 13.8. The van der Waals surface area contributed by atoms with Crippen LogP contribution in [0.1, 0.15) is 17.7 Å². The highest BCUT2D eigenvalue weighted by atomic mass is 16.6. The summed E-state index contributed by atoms with van der Waals surface area (Å²) in [6.07, 6.45) is 2.98. The van der Waals surface area contributed by atoms with Crippen LogP contribution in [0.15, 0.2) is 18.2 Å². The van der Waals surface area contributed by atoms with E-state index in [0.29, 0.717) is 0 Å². The summed E-state index contributed by atoms with van der Waals surface area (Å²) in [5.74, 6) is 0. The van der Waals surface area contributed by atoms with Crippen molar-refractivity contribution in [2.24, 2.45) is 0 Å². The fraction of sp³-hybridized carbons (Fsp3) is 0.385. The number of nitro benzene ring substituents is 1. The zero-order valence-corrected chi connectivity index (χ0v) is 10.1. The molecule has 3 rings (SSSR count). The van der Waals surface area contributed by atoms with Gasteiger partial charge >= 0.3 is 0 Å². The lowest BCUT2D eigenvalue weighted by molar-refractivity contribution is -0.384. The standard InChI is InChI=1S/C13H14N2O3/c1-18-9-3-5-13-11(7-9)10-6-8(15(16)17)2-4-12(10)14-13/h2,4,6,9,14H,3,5,7H2,1H3. The first-order valence-electron chi connectivity index (χ1n) is 5.99. The van der Waals surface area contributed by atoms with Gasteiger partial charge in [-0.05, 0) is 24.5 Å². The molecule has 0 bridgehead atoms. The summed E-state index contributed by atoms with van der Waals surface area (Å²) in [5, 5.41) is 11.8. The number of aromatic amines is 1. The fourth-order valence-electron chi connectivity index (χ4n) is 2.69. The maximum Gasteiger partial charge on any atom is 0.270 e. The van der Waals surface area contributed by atoms with E-state index in [4.69, 9.17) is 4.74 Å². The molecule has 1 aliphatic carbocycles. The second kappa shape index (κ2) is 4.10. The molecule has 1 atom stereocenters. The summed E-state index contributed by atoms with van der Waals surface area (Å²) in [5.41, 5.74) is 3.48. The van der Waals surface area contributed by atoms with E-state index in [2.05, 4.69) is 4.98 Å². The van der Waals surface area contributed by atoms with Crippen LogP contribution in [0.5, 0.6) is 0 Å². The number of aromatic nitrogens is 1. The van der Waals surface area contributed by atoms with Gasteiger partial charge in [-0.25, -0.2) is 0 Å². The van der Waals surface area contributed by atoms with Gasteiger partial charge in [0.15, 0.2) is 0 Å². The topological polar surface area (TPSA) is 68.2 Å². The van der Waals surface area contributed by atoms with Crippen LogP contribution >= 0.6 is 0 Å². The Bertz CT molecular complexity index is 618. The monoisotopic (exact) mass is 246 g/mol. The average molecular weight is 246 g/mol. The highest BCUT2D eigenvalue weighted by molar-refractivity contribution is 5.87. The van der Waals surface area contributed by atoms with Crippen molar-refractivity contribution in [2.75, 3.05) is 7.11 Å². The summed E-state index contributed by atoms with van der Waals surface area (Å²) in [6, 6.07) is 4.98. The highest BCUT2D eigenvalue weighted by Gasteiger charge is 2.23. The lowest BCUT2D eigenvalue weighted by Crippen LogP contribution is -2.20. The number of non-ortho nitro benzene ring substituents is 1. The summed E-state index contributed by atoms with van der Waals surface area (Å²) in [7, 11) is 1.72. The van der Waals surface area contributed by atoms with Crippen LogP contribution in [-0.2, 0) is 17.6 Å². The molecule has 1 heterocycles. The smallest absolute Gasteiger partial charge is 0.270 e. The predicted octanol–water partition coefficient (Wildman–Crippen LogP) is 2.58. The van der Waals surface area contributed by atoms with E-state index in [1.54, 1.807) is 19.2 Å². The van der Waals surface area contributed by atoms with Crippen LogP contribution < -0.4 is 0 Å². The molecule has 5 nitrogen and oxygen atoms in total. The Morgan fingerprint density at radius 2 is 2.33 bits per heavy atom. The van der Waals surface area contributed by atoms with E-state index in [-0.39, 0.29) is 16.7 Å². The molecule has 1 N–H and O–H groups in total. The minimum absolute atomic E-state index is 0.142. The molecule has 0 saturated carbocycles. The lowest BCUT2D eigenvalue weighted by atomic mass is 9.93. The van der Waals surface area contributed by atoms with Crippen molar-refractivity contribution in [2.45, 2.75) is 25.4 Å². The van der Waals surface area contributed by atoms with Gasteiger partial charge in [-0.3, -0.25) is 10.1 Å². The number of benzene rings is 1. The van der Waals surface area contributed by atoms with E-state index in [0.717, 1.165) is 30.2 Å². The van der Waals surface area contributed by atoms with Crippen molar-refractivity contribution in [1.29, 1.82) is 0 Å². The van der Waals surface area contributed by atoms with Crippen LogP contribution in [0, 0.1) is 10.1 Å². The molecular formula is C13H14N2O3. The normalized spacial score (nSPS) is 18.8. The van der Waals surface area contributed by atoms with Crippen molar-refractivity contribution in [1.82, 2.24) is 4.98 Å². The van der Waals surface area contributed by atoms with Gasteiger partial charge < -0.3 is 9.72 Å². The van der Waals surface area contributed by atoms with Crippen LogP contribution in [0.3, 0.4) is 0 Å². The minimum atomic E-state index is -0.352. The summed E-state index contributed by atoms with van der Waals surface area (Å²) < 4.78 is 5.40. The second-order valence-electron chi connectivity index (χ2n) is 4.67. The molecule has 0 fully saturated rings. The fourth-order valence-corrected chi connectivity index (χ4v) is 2.69. The Morgan fingerprint density at radius 3 is 3.06 bits per heavy atom. The summed E-state index contributed by atoms with van der Waals surface area (Å²) >= 11 is 0. The van der Waals surface area contributed by atoms with E-state index >= 15 is 0 Å². The number of methoxy groups -OCH3 is 1. The highest BCUT2D eigenvalue weighted by Crippen LogP contribution is 2.32. The van der Waals surface area contributed by atoms with Gasteiger partial charge in [0, 0.05) is 42.3 Å². The minimum Gasteiger partial charge on any atom is -0.381 e. The Kier molecular flexibility index (Phi) is 2.56. The van der Waals surface area contributed by atoms with E-state index < -0.39 is 0 Å². The molecule has 0 aliphatic heterocycles. The largest absolute Gasteiger partial charge is 0.381 e. The number of nitro groups is 1. The van der Waals surface area contributed by atoms with E-state index in [9.17, 15) is 10.1 Å². The molecule has 0 spiro atoms. The van der Waals surface area contributed by atoms with Crippen molar-refractivity contribution in [3.8, 4) is 0 Å². The van der Waals surface area contributed by atoms with Crippen molar-refractivity contribution < 1.29 is 9.66 Å². The Labute approximate surface area is 104 Å². The summed E-state index contributed by atoms with van der Waals surface area (Å²) in [6.45, 7) is 0. The van der Waals surface area contributed by atoms with Gasteiger partial charge in [0.05, 0.1) is 11.0 Å². The molecular weight excluding hydrogens is 232 g/mol. The molecule has 18 heavy (non-hydrogen) atoms. The van der Waals surface area contributed by atoms with E-state index in [1.165, 1.54) is 17.3 Å². The molecule has 0 radical (unpaired) electrons. The number of aryl methyl sites for hydroxylation is 1. The third-order valence-corrected chi connectivity index (χ3v) is 3.67. The second-order valence-corrected chi connectivity index (χ2v) is 4.67. The number of nitrogens with zero attached hydrogens (tertiary/aromatic N) is 1. The molecule has 5 heteroatoms. The number of hydrogen-bond donors (Lipinski definition) is 1. The van der Waals surface area contributed by atoms with Crippen LogP contribution in [0.2, 0.25) is 0 Å². The zero-order valence-electron chi connectivity index (χ0n) is 10.1. The molecule has 2 aromatic rings. The van der Waals surface area contributed by atoms with Crippen LogP contribution in [0.25, 0.3) is 10.9 Å². The first kappa shape index (κ1) is 11.2. The molecule has 0 amide bonds. The van der Waals surface area contributed by atoms with Gasteiger partial charge in [0.1, 0.15) is 0 Å². The van der Waals surface area contributed by atoms with Crippen molar-refractivity contribution in [3.63, 3.8) is 0 Å². The number of H-pyrrole nitrogens is 1. The van der Waals surface area contributed by atoms with Gasteiger partial charge in [0.25, 0.3) is 5.69 Å². The lowest BCUT2D eigenvalue weighted by Gasteiger charge is -2.20. The molecule has 1 aromatic heterocycles. The first-order chi connectivity index (χ1) is 8.69. The Morgan fingerprint density at radius 1 is 1.50 bits per heavy atom. The van der Waals surface area contributed by atoms with Gasteiger partial charge in [0.2, 0.25) is 0 Å². The third kappa shape index (κ3) is 1.67.